The fourth-order valence-corrected chi connectivity index (χ4v) is 4.14. The average molecular weight is 407 g/mol. The minimum absolute atomic E-state index is 0.149. The second-order valence-corrected chi connectivity index (χ2v) is 7.73. The van der Waals surface area contributed by atoms with Crippen LogP contribution in [0.2, 0.25) is 5.02 Å². The van der Waals surface area contributed by atoms with Crippen molar-refractivity contribution in [3.63, 3.8) is 0 Å². The van der Waals surface area contributed by atoms with Crippen molar-refractivity contribution in [2.75, 3.05) is 31.1 Å². The normalized spacial score (nSPS) is 11.3. The molecule has 0 aliphatic rings. The van der Waals surface area contributed by atoms with Crippen molar-refractivity contribution in [1.82, 2.24) is 4.98 Å². The lowest BCUT2D eigenvalue weighted by Gasteiger charge is -2.23. The van der Waals surface area contributed by atoms with Crippen LogP contribution in [-0.2, 0) is 0 Å². The van der Waals surface area contributed by atoms with Crippen LogP contribution in [0.3, 0.4) is 0 Å². The number of quaternary nitrogens is 1. The van der Waals surface area contributed by atoms with E-state index in [9.17, 15) is 9.18 Å². The number of rotatable bonds is 7. The molecule has 2 aromatic carbocycles. The summed E-state index contributed by atoms with van der Waals surface area (Å²) in [6.45, 7) is 7.57. The summed E-state index contributed by atoms with van der Waals surface area (Å²) in [6, 6.07) is 11.4. The molecule has 0 saturated carbocycles. The highest BCUT2D eigenvalue weighted by Gasteiger charge is 2.23. The summed E-state index contributed by atoms with van der Waals surface area (Å²) < 4.78 is 14.3. The first-order valence-electron chi connectivity index (χ1n) is 8.99. The zero-order chi connectivity index (χ0) is 19.4. The number of fused-ring (bicyclic) bond motifs is 1. The molecular weight excluding hydrogens is 385 g/mol. The van der Waals surface area contributed by atoms with E-state index in [0.29, 0.717) is 27.8 Å². The molecule has 1 amide bonds. The third-order valence-corrected chi connectivity index (χ3v) is 5.85. The Morgan fingerprint density at radius 2 is 2.00 bits per heavy atom. The van der Waals surface area contributed by atoms with Crippen molar-refractivity contribution >= 4 is 44.2 Å². The number of anilines is 1. The molecule has 0 unspecified atom stereocenters. The predicted molar refractivity (Wildman–Crippen MR) is 110 cm³/mol. The predicted octanol–water partition coefficient (Wildman–Crippen LogP) is 3.66. The van der Waals surface area contributed by atoms with Crippen LogP contribution >= 0.6 is 22.9 Å². The molecule has 27 heavy (non-hydrogen) atoms. The molecule has 0 fully saturated rings. The molecule has 0 saturated heterocycles. The van der Waals surface area contributed by atoms with Crippen molar-refractivity contribution in [1.29, 1.82) is 0 Å². The average Bonchev–Trinajstić information content (AvgIpc) is 3.07. The smallest absolute Gasteiger partial charge is 0.260 e. The molecule has 1 N–H and O–H groups in total. The summed E-state index contributed by atoms with van der Waals surface area (Å²) in [7, 11) is 0. The van der Waals surface area contributed by atoms with Gasteiger partial charge in [-0.15, -0.1) is 0 Å². The summed E-state index contributed by atoms with van der Waals surface area (Å²) in [5, 5.41) is 1.09. The fourth-order valence-electron chi connectivity index (χ4n) is 2.94. The summed E-state index contributed by atoms with van der Waals surface area (Å²) >= 11 is 7.39. The van der Waals surface area contributed by atoms with Crippen LogP contribution in [0.5, 0.6) is 0 Å². The Morgan fingerprint density at radius 3 is 2.70 bits per heavy atom. The van der Waals surface area contributed by atoms with E-state index in [-0.39, 0.29) is 11.7 Å². The van der Waals surface area contributed by atoms with Gasteiger partial charge < -0.3 is 4.90 Å². The Balaban J connectivity index is 1.96. The number of carbonyl (C=O) groups is 1. The Kier molecular flexibility index (Phi) is 6.42. The maximum atomic E-state index is 13.5. The highest BCUT2D eigenvalue weighted by molar-refractivity contribution is 7.22. The van der Waals surface area contributed by atoms with Crippen molar-refractivity contribution in [3.8, 4) is 0 Å². The van der Waals surface area contributed by atoms with Crippen molar-refractivity contribution in [3.05, 3.63) is 58.9 Å². The van der Waals surface area contributed by atoms with E-state index in [1.165, 1.54) is 28.4 Å². The van der Waals surface area contributed by atoms with Crippen LogP contribution in [0.15, 0.2) is 42.5 Å². The molecular formula is C20H22ClFN3OS+. The number of thiazole rings is 1. The second kappa shape index (κ2) is 8.78. The van der Waals surface area contributed by atoms with E-state index in [1.807, 2.05) is 0 Å². The van der Waals surface area contributed by atoms with E-state index >= 15 is 0 Å². The topological polar surface area (TPSA) is 37.6 Å². The van der Waals surface area contributed by atoms with Crippen LogP contribution in [-0.4, -0.2) is 37.1 Å². The number of aromatic nitrogens is 1. The molecule has 0 bridgehead atoms. The largest absolute Gasteiger partial charge is 0.334 e. The molecule has 1 heterocycles. The second-order valence-electron chi connectivity index (χ2n) is 6.28. The molecule has 0 aliphatic heterocycles. The number of carbonyl (C=O) groups excluding carboxylic acids is 1. The van der Waals surface area contributed by atoms with Gasteiger partial charge in [0.2, 0.25) is 0 Å². The van der Waals surface area contributed by atoms with Crippen LogP contribution in [0.1, 0.15) is 24.2 Å². The standard InChI is InChI=1S/C20H21ClFN3OS/c1-3-24(4-2)10-11-25(19(26)14-6-5-7-15(21)12-14)20-23-17-9-8-16(22)13-18(17)27-20/h5-9,12-13H,3-4,10-11H2,1-2H3/p+1. The number of hydrogen-bond acceptors (Lipinski definition) is 3. The molecule has 3 aromatic rings. The van der Waals surface area contributed by atoms with Gasteiger partial charge in [-0.3, -0.25) is 9.69 Å². The summed E-state index contributed by atoms with van der Waals surface area (Å²) in [4.78, 5) is 20.8. The van der Waals surface area contributed by atoms with Gasteiger partial charge >= 0.3 is 0 Å². The Morgan fingerprint density at radius 1 is 1.22 bits per heavy atom. The van der Waals surface area contributed by atoms with Gasteiger partial charge in [0.1, 0.15) is 5.82 Å². The zero-order valence-corrected chi connectivity index (χ0v) is 16.9. The molecule has 0 radical (unpaired) electrons. The van der Waals surface area contributed by atoms with Gasteiger partial charge in [-0.1, -0.05) is 29.0 Å². The quantitative estimate of drug-likeness (QED) is 0.650. The summed E-state index contributed by atoms with van der Waals surface area (Å²) in [5.41, 5.74) is 1.21. The molecule has 4 nitrogen and oxygen atoms in total. The van der Waals surface area contributed by atoms with Gasteiger partial charge in [-0.2, -0.15) is 0 Å². The molecule has 7 heteroatoms. The third kappa shape index (κ3) is 4.64. The Hall–Kier alpha value is -2.02. The van der Waals surface area contributed by atoms with E-state index in [4.69, 9.17) is 11.6 Å². The van der Waals surface area contributed by atoms with Gasteiger partial charge in [0.05, 0.1) is 36.4 Å². The zero-order valence-electron chi connectivity index (χ0n) is 15.3. The number of likely N-dealkylation sites (N-methyl/N-ethyl adjacent to an activating group) is 1. The minimum atomic E-state index is -0.307. The van der Waals surface area contributed by atoms with E-state index in [0.717, 1.165) is 24.3 Å². The summed E-state index contributed by atoms with van der Waals surface area (Å²) in [5.74, 6) is -0.457. The summed E-state index contributed by atoms with van der Waals surface area (Å²) in [6.07, 6.45) is 0. The molecule has 1 aromatic heterocycles. The Labute approximate surface area is 167 Å². The van der Waals surface area contributed by atoms with Crippen LogP contribution in [0, 0.1) is 5.82 Å². The molecule has 3 rings (SSSR count). The molecule has 142 valence electrons. The number of benzene rings is 2. The highest BCUT2D eigenvalue weighted by atomic mass is 35.5. The number of amides is 1. The minimum Gasteiger partial charge on any atom is -0.334 e. The first-order valence-corrected chi connectivity index (χ1v) is 10.2. The number of nitrogens with one attached hydrogen (secondary N) is 1. The van der Waals surface area contributed by atoms with Gasteiger partial charge in [0.15, 0.2) is 5.13 Å². The van der Waals surface area contributed by atoms with Gasteiger partial charge in [0, 0.05) is 10.6 Å². The number of nitrogens with zero attached hydrogens (tertiary/aromatic N) is 2. The van der Waals surface area contributed by atoms with Crippen LogP contribution in [0.25, 0.3) is 10.2 Å². The lowest BCUT2D eigenvalue weighted by molar-refractivity contribution is -0.894. The van der Waals surface area contributed by atoms with E-state index in [2.05, 4.69) is 18.8 Å². The molecule has 0 aliphatic carbocycles. The number of halogens is 2. The maximum absolute atomic E-state index is 13.5. The fraction of sp³-hybridized carbons (Fsp3) is 0.300. The maximum Gasteiger partial charge on any atom is 0.260 e. The highest BCUT2D eigenvalue weighted by Crippen LogP contribution is 2.30. The van der Waals surface area contributed by atoms with Crippen molar-refractivity contribution in [2.45, 2.75) is 13.8 Å². The Bertz CT molecular complexity index is 942. The van der Waals surface area contributed by atoms with E-state index in [1.54, 1.807) is 35.2 Å². The van der Waals surface area contributed by atoms with Crippen molar-refractivity contribution in [2.24, 2.45) is 0 Å². The first kappa shape index (κ1) is 19.7. The molecule has 0 atom stereocenters. The van der Waals surface area contributed by atoms with Gasteiger partial charge in [0.25, 0.3) is 5.91 Å². The van der Waals surface area contributed by atoms with Crippen LogP contribution in [0.4, 0.5) is 9.52 Å². The SMILES string of the molecule is CC[NH+](CC)CCN(C(=O)c1cccc(Cl)c1)c1nc2ccc(F)cc2s1. The van der Waals surface area contributed by atoms with Crippen LogP contribution < -0.4 is 9.80 Å². The monoisotopic (exact) mass is 406 g/mol. The van der Waals surface area contributed by atoms with Crippen molar-refractivity contribution < 1.29 is 14.1 Å². The van der Waals surface area contributed by atoms with Gasteiger partial charge in [-0.05, 0) is 50.2 Å². The first-order chi connectivity index (χ1) is 13.0. The van der Waals surface area contributed by atoms with Gasteiger partial charge in [-0.25, -0.2) is 9.37 Å². The lowest BCUT2D eigenvalue weighted by atomic mass is 10.2. The third-order valence-electron chi connectivity index (χ3n) is 4.58. The number of hydrogen-bond donors (Lipinski definition) is 1. The molecule has 0 spiro atoms. The lowest BCUT2D eigenvalue weighted by Crippen LogP contribution is -3.12. The van der Waals surface area contributed by atoms with E-state index < -0.39 is 0 Å².